The summed E-state index contributed by atoms with van der Waals surface area (Å²) in [6.45, 7) is -0.570. The van der Waals surface area contributed by atoms with Gasteiger partial charge in [-0.2, -0.15) is 132 Å². The molecule has 7 aromatic rings. The van der Waals surface area contributed by atoms with E-state index in [-0.39, 0.29) is 0 Å². The Balaban J connectivity index is 0.000000363. The maximum absolute atomic E-state index is 14.2. The van der Waals surface area contributed by atoms with Crippen LogP contribution in [0.5, 0.6) is 0 Å². The number of fused-ring (bicyclic) bond motifs is 1. The van der Waals surface area contributed by atoms with Gasteiger partial charge in [0.2, 0.25) is 23.7 Å². The van der Waals surface area contributed by atoms with Gasteiger partial charge in [0.05, 0.1) is 44.5 Å². The molecule has 0 saturated carbocycles. The Hall–Kier alpha value is -7.57. The van der Waals surface area contributed by atoms with Crippen LogP contribution in [0.15, 0.2) is 115 Å². The molecule has 0 aliphatic heterocycles. The van der Waals surface area contributed by atoms with E-state index >= 15 is 0 Å². The van der Waals surface area contributed by atoms with Gasteiger partial charge in [0.1, 0.15) is 11.7 Å². The Morgan fingerprint density at radius 3 is 0.827 bits per heavy atom. The van der Waals surface area contributed by atoms with Crippen LogP contribution in [0, 0.1) is 29.1 Å². The SMILES string of the molecule is FC(F)(F)c1cc([B-](c2cc(C(F)(F)F)cc(C(F)(F)F)c2)(c2cc(C(F)(F)F)cc(C(F)(F)F)c2)c2cc(C(F)(F)F)cc(C(F)(F)F)c2)cc(C(F)(F)F)c1.O=C(C[n+]1cccc2ccccc21)c1c(F)c(F)c(F)c(F)c1F. The second-order valence-electron chi connectivity index (χ2n) is 17.3. The van der Waals surface area contributed by atoms with Gasteiger partial charge in [-0.1, -0.05) is 60.7 Å². The van der Waals surface area contributed by atoms with E-state index in [2.05, 4.69) is 0 Å². The monoisotopic (exact) mass is 1200 g/mol. The number of rotatable bonds is 7. The predicted molar refractivity (Wildman–Crippen MR) is 225 cm³/mol. The molecule has 32 heteroatoms. The fourth-order valence-corrected chi connectivity index (χ4v) is 8.51. The molecule has 0 bridgehead atoms. The van der Waals surface area contributed by atoms with Gasteiger partial charge in [-0.3, -0.25) is 4.79 Å². The number of Topliss-reactive ketones (excluding diaryl/α,β-unsaturated/α-hetero) is 1. The molecule has 0 radical (unpaired) electrons. The molecule has 0 atom stereocenters. The number of alkyl halides is 24. The highest BCUT2D eigenvalue weighted by Crippen LogP contribution is 2.42. The molecule has 0 saturated heterocycles. The Kier molecular flexibility index (Phi) is 16.3. The maximum Gasteiger partial charge on any atom is 0.416 e. The summed E-state index contributed by atoms with van der Waals surface area (Å²) >= 11 is 0. The molecule has 7 rings (SSSR count). The largest absolute Gasteiger partial charge is 0.416 e. The summed E-state index contributed by atoms with van der Waals surface area (Å²) in [4.78, 5) is 12.2. The number of halogens is 29. The van der Waals surface area contributed by atoms with Crippen molar-refractivity contribution in [3.63, 3.8) is 0 Å². The third kappa shape index (κ3) is 13.1. The number of carbonyl (C=O) groups is 1. The van der Waals surface area contributed by atoms with E-state index < -0.39 is 242 Å². The first kappa shape index (κ1) is 62.6. The van der Waals surface area contributed by atoms with E-state index in [1.165, 1.54) is 10.8 Å². The minimum absolute atomic E-state index is 0.570. The highest BCUT2D eigenvalue weighted by atomic mass is 19.4. The summed E-state index contributed by atoms with van der Waals surface area (Å²) in [7, 11) is 0. The minimum atomic E-state index is -6.13. The summed E-state index contributed by atoms with van der Waals surface area (Å²) in [5.74, 6) is -12.0. The van der Waals surface area contributed by atoms with E-state index in [1.54, 1.807) is 36.4 Å². The number of pyridine rings is 1. The fourth-order valence-electron chi connectivity index (χ4n) is 8.51. The lowest BCUT2D eigenvalue weighted by atomic mass is 9.12. The molecule has 0 spiro atoms. The van der Waals surface area contributed by atoms with E-state index in [4.69, 9.17) is 0 Å². The number of benzene rings is 6. The van der Waals surface area contributed by atoms with Gasteiger partial charge >= 0.3 is 49.4 Å². The summed E-state index contributed by atoms with van der Waals surface area (Å²) in [5, 5.41) is 0.755. The fraction of sp³-hybridized carbons (Fsp3) is 0.184. The molecule has 434 valence electrons. The van der Waals surface area contributed by atoms with Gasteiger partial charge in [0.25, 0.3) is 0 Å². The molecule has 1 heterocycles. The highest BCUT2D eigenvalue weighted by molar-refractivity contribution is 7.20. The number of hydrogen-bond donors (Lipinski definition) is 0. The van der Waals surface area contributed by atoms with Crippen molar-refractivity contribution < 1.29 is 137 Å². The lowest BCUT2D eigenvalue weighted by molar-refractivity contribution is -0.657. The van der Waals surface area contributed by atoms with E-state index in [1.807, 2.05) is 0 Å². The van der Waals surface area contributed by atoms with Gasteiger partial charge < -0.3 is 0 Å². The number of ketones is 1. The van der Waals surface area contributed by atoms with Crippen molar-refractivity contribution in [3.8, 4) is 0 Å². The zero-order chi connectivity index (χ0) is 61.3. The van der Waals surface area contributed by atoms with Crippen LogP contribution in [0.3, 0.4) is 0 Å². The molecule has 0 aliphatic rings. The van der Waals surface area contributed by atoms with Gasteiger partial charge in [0.15, 0.2) is 29.5 Å². The third-order valence-electron chi connectivity index (χ3n) is 12.0. The molecular formula is C49H21BF29NO. The average Bonchev–Trinajstić information content (AvgIpc) is 3.05. The molecule has 0 aliphatic carbocycles. The van der Waals surface area contributed by atoms with Crippen molar-refractivity contribution in [2.24, 2.45) is 0 Å². The zero-order valence-corrected chi connectivity index (χ0v) is 38.6. The maximum atomic E-state index is 14.2. The summed E-state index contributed by atoms with van der Waals surface area (Å²) in [5.41, 5.74) is -31.1. The molecule has 6 aromatic carbocycles. The zero-order valence-electron chi connectivity index (χ0n) is 38.6. The normalized spacial score (nSPS) is 13.3. The number of para-hydroxylation sites is 1. The lowest BCUT2D eigenvalue weighted by Crippen LogP contribution is -2.75. The first-order chi connectivity index (χ1) is 36.7. The third-order valence-corrected chi connectivity index (χ3v) is 12.0. The van der Waals surface area contributed by atoms with Crippen molar-refractivity contribution in [2.45, 2.75) is 56.0 Å². The number of hydrogen-bond acceptors (Lipinski definition) is 1. The van der Waals surface area contributed by atoms with Crippen LogP contribution < -0.4 is 26.4 Å². The van der Waals surface area contributed by atoms with Crippen LogP contribution in [0.2, 0.25) is 0 Å². The van der Waals surface area contributed by atoms with Gasteiger partial charge in [-0.05, 0) is 36.4 Å². The van der Waals surface area contributed by atoms with Crippen LogP contribution in [0.1, 0.15) is 54.9 Å². The Morgan fingerprint density at radius 1 is 0.333 bits per heavy atom. The van der Waals surface area contributed by atoms with Crippen LogP contribution in [0.25, 0.3) is 10.9 Å². The number of carbonyl (C=O) groups excluding carboxylic acids is 1. The van der Waals surface area contributed by atoms with Crippen LogP contribution >= 0.6 is 0 Å². The average molecular weight is 1200 g/mol. The van der Waals surface area contributed by atoms with Crippen molar-refractivity contribution >= 4 is 44.7 Å². The molecule has 81 heavy (non-hydrogen) atoms. The van der Waals surface area contributed by atoms with Crippen molar-refractivity contribution in [2.75, 3.05) is 0 Å². The topological polar surface area (TPSA) is 20.9 Å². The molecule has 0 amide bonds. The molecule has 2 nitrogen and oxygen atoms in total. The second kappa shape index (κ2) is 21.1. The van der Waals surface area contributed by atoms with Crippen molar-refractivity contribution in [1.29, 1.82) is 0 Å². The Labute approximate surface area is 431 Å². The van der Waals surface area contributed by atoms with Crippen molar-refractivity contribution in [3.05, 3.63) is 195 Å². The minimum Gasteiger partial charge on any atom is -0.287 e. The molecular weight excluding hydrogens is 1180 g/mol. The second-order valence-corrected chi connectivity index (χ2v) is 17.3. The van der Waals surface area contributed by atoms with E-state index in [0.29, 0.717) is 5.52 Å². The lowest BCUT2D eigenvalue weighted by Gasteiger charge is -2.46. The van der Waals surface area contributed by atoms with Crippen LogP contribution in [0.4, 0.5) is 127 Å². The van der Waals surface area contributed by atoms with E-state index in [0.717, 1.165) is 5.39 Å². The quantitative estimate of drug-likeness (QED) is 0.0389. The summed E-state index contributed by atoms with van der Waals surface area (Å²) in [6.07, 6.45) is -53.3. The summed E-state index contributed by atoms with van der Waals surface area (Å²) < 4.78 is 409. The Morgan fingerprint density at radius 2 is 0.568 bits per heavy atom. The predicted octanol–water partition coefficient (Wildman–Crippen LogP) is 14.9. The van der Waals surface area contributed by atoms with Crippen LogP contribution in [-0.2, 0) is 56.0 Å². The molecule has 0 N–H and O–H groups in total. The Bertz CT molecular complexity index is 3070. The molecule has 1 aromatic heterocycles. The first-order valence-corrected chi connectivity index (χ1v) is 21.5. The summed E-state index contributed by atoms with van der Waals surface area (Å²) in [6, 6.07) is 1.44. The standard InChI is InChI=1S/C32H12BF24.C17H9F5NO/c34-25(35,36)13-1-14(26(37,38)39)6-21(5-13)33(22-7-15(27(40,41)42)2-16(8-22)28(43,44)45,23-9-17(29(46,47)48)3-18(10-23)30(49,50)51)24-11-19(31(52,53)54)4-20(12-24)32(55,56)57;18-13-12(14(19)16(21)17(22)15(13)20)11(24)8-23-7-3-5-9-4-1-2-6-10(9)23/h1-12H;1-7H,8H2/q-1;+1. The van der Waals surface area contributed by atoms with Gasteiger partial charge in [0, 0.05) is 17.5 Å². The molecule has 0 fully saturated rings. The van der Waals surface area contributed by atoms with Gasteiger partial charge in [-0.25, -0.2) is 22.0 Å². The smallest absolute Gasteiger partial charge is 0.287 e. The first-order valence-electron chi connectivity index (χ1n) is 21.5. The van der Waals surface area contributed by atoms with E-state index in [9.17, 15) is 132 Å². The van der Waals surface area contributed by atoms with Crippen molar-refractivity contribution in [1.82, 2.24) is 0 Å². The molecule has 0 unspecified atom stereocenters. The number of nitrogens with zero attached hydrogens (tertiary/aromatic N) is 1. The van der Waals surface area contributed by atoms with Crippen LogP contribution in [-0.4, -0.2) is 11.9 Å². The highest BCUT2D eigenvalue weighted by Gasteiger charge is 2.47. The van der Waals surface area contributed by atoms with Gasteiger partial charge in [-0.15, -0.1) is 0 Å². The number of aromatic nitrogens is 1.